The molecule has 0 radical (unpaired) electrons. The molecule has 2 N–H and O–H groups in total. The molecule has 0 saturated heterocycles. The van der Waals surface area contributed by atoms with E-state index >= 15 is 0 Å². The normalized spacial score (nSPS) is 14.2. The summed E-state index contributed by atoms with van der Waals surface area (Å²) in [6.45, 7) is 2.14. The quantitative estimate of drug-likeness (QED) is 0.754. The van der Waals surface area contributed by atoms with Crippen molar-refractivity contribution >= 4 is 17.0 Å². The minimum absolute atomic E-state index is 0.138. The molecule has 0 aromatic carbocycles. The molecule has 0 unspecified atom stereocenters. The molecule has 24 heavy (non-hydrogen) atoms. The molecule has 3 heterocycles. The summed E-state index contributed by atoms with van der Waals surface area (Å²) in [6, 6.07) is 3.84. The van der Waals surface area contributed by atoms with Gasteiger partial charge in [-0.15, -0.1) is 0 Å². The number of fused-ring (bicyclic) bond motifs is 1. The molecule has 4 rings (SSSR count). The summed E-state index contributed by atoms with van der Waals surface area (Å²) in [6.07, 6.45) is 3.57. The third-order valence-electron chi connectivity index (χ3n) is 4.33. The van der Waals surface area contributed by atoms with Gasteiger partial charge in [-0.2, -0.15) is 0 Å². The molecule has 8 nitrogen and oxygen atoms in total. The smallest absolute Gasteiger partial charge is 0.332 e. The Morgan fingerprint density at radius 2 is 2.12 bits per heavy atom. The summed E-state index contributed by atoms with van der Waals surface area (Å²) < 4.78 is 2.90. The van der Waals surface area contributed by atoms with Gasteiger partial charge in [0.1, 0.15) is 17.2 Å². The predicted molar refractivity (Wildman–Crippen MR) is 91.3 cm³/mol. The maximum atomic E-state index is 12.6. The van der Waals surface area contributed by atoms with E-state index in [4.69, 9.17) is 0 Å². The number of nitrogens with zero attached hydrogens (tertiary/aromatic N) is 4. The van der Waals surface area contributed by atoms with E-state index < -0.39 is 0 Å². The largest absolute Gasteiger partial charge is 0.373 e. The van der Waals surface area contributed by atoms with Crippen molar-refractivity contribution in [1.29, 1.82) is 0 Å². The molecular formula is C16H18N6O2. The molecule has 3 aromatic heterocycles. The zero-order chi connectivity index (χ0) is 16.8. The molecule has 1 aliphatic rings. The highest BCUT2D eigenvalue weighted by atomic mass is 16.2. The summed E-state index contributed by atoms with van der Waals surface area (Å²) in [7, 11) is 1.80. The highest BCUT2D eigenvalue weighted by Crippen LogP contribution is 2.35. The fraction of sp³-hybridized carbons (Fsp3) is 0.375. The molecule has 124 valence electrons. The van der Waals surface area contributed by atoms with E-state index in [0.29, 0.717) is 23.5 Å². The van der Waals surface area contributed by atoms with Crippen LogP contribution >= 0.6 is 0 Å². The first kappa shape index (κ1) is 14.7. The summed E-state index contributed by atoms with van der Waals surface area (Å²) in [4.78, 5) is 37.0. The zero-order valence-electron chi connectivity index (χ0n) is 13.5. The van der Waals surface area contributed by atoms with Crippen LogP contribution in [0, 0.1) is 0 Å². The van der Waals surface area contributed by atoms with Crippen molar-refractivity contribution in [3.05, 3.63) is 39.2 Å². The van der Waals surface area contributed by atoms with Gasteiger partial charge in [-0.05, 0) is 31.9 Å². The van der Waals surface area contributed by atoms with Gasteiger partial charge >= 0.3 is 5.69 Å². The Bertz CT molecular complexity index is 1020. The molecular weight excluding hydrogens is 308 g/mol. The van der Waals surface area contributed by atoms with Crippen molar-refractivity contribution in [2.75, 3.05) is 12.4 Å². The number of aromatic amines is 1. The number of nitrogens with one attached hydrogen (secondary N) is 2. The standard InChI is InChI=1S/C16H18N6O2/c1-3-21-15(23)12-14(22(16(21)24)10-5-6-10)20-13(19-12)9-4-7-11(17-2)18-8-9/h4,7-8,10H,3,5-6H2,1-2H3,(H,17,18)(H,19,20). The highest BCUT2D eigenvalue weighted by Gasteiger charge is 2.29. The van der Waals surface area contributed by atoms with Gasteiger partial charge in [-0.3, -0.25) is 13.9 Å². The number of hydrogen-bond donors (Lipinski definition) is 2. The lowest BCUT2D eigenvalue weighted by Crippen LogP contribution is -2.39. The van der Waals surface area contributed by atoms with Crippen LogP contribution in [0.15, 0.2) is 27.9 Å². The minimum atomic E-state index is -0.326. The molecule has 1 saturated carbocycles. The summed E-state index contributed by atoms with van der Waals surface area (Å²) in [5, 5.41) is 2.96. The van der Waals surface area contributed by atoms with Crippen molar-refractivity contribution in [1.82, 2.24) is 24.1 Å². The van der Waals surface area contributed by atoms with Crippen LogP contribution < -0.4 is 16.6 Å². The van der Waals surface area contributed by atoms with E-state index in [1.54, 1.807) is 24.7 Å². The predicted octanol–water partition coefficient (Wildman–Crippen LogP) is 1.34. The molecule has 1 aliphatic carbocycles. The van der Waals surface area contributed by atoms with Crippen molar-refractivity contribution in [3.8, 4) is 11.4 Å². The lowest BCUT2D eigenvalue weighted by molar-refractivity contribution is 0.597. The van der Waals surface area contributed by atoms with E-state index in [-0.39, 0.29) is 17.3 Å². The van der Waals surface area contributed by atoms with Crippen molar-refractivity contribution in [2.24, 2.45) is 0 Å². The Kier molecular flexibility index (Phi) is 3.26. The fourth-order valence-corrected chi connectivity index (χ4v) is 2.89. The van der Waals surface area contributed by atoms with Gasteiger partial charge in [-0.25, -0.2) is 14.8 Å². The maximum Gasteiger partial charge on any atom is 0.332 e. The molecule has 3 aromatic rings. The zero-order valence-corrected chi connectivity index (χ0v) is 13.5. The molecule has 0 bridgehead atoms. The monoisotopic (exact) mass is 326 g/mol. The molecule has 0 atom stereocenters. The van der Waals surface area contributed by atoms with Gasteiger partial charge in [0.15, 0.2) is 5.65 Å². The Labute approximate surface area is 137 Å². The van der Waals surface area contributed by atoms with Crippen LogP contribution in [-0.2, 0) is 6.54 Å². The molecule has 0 amide bonds. The van der Waals surface area contributed by atoms with Crippen LogP contribution in [0.2, 0.25) is 0 Å². The number of H-pyrrole nitrogens is 1. The van der Waals surface area contributed by atoms with Crippen LogP contribution in [0.3, 0.4) is 0 Å². The average Bonchev–Trinajstić information content (AvgIpc) is 3.33. The van der Waals surface area contributed by atoms with Crippen LogP contribution in [0.25, 0.3) is 22.6 Å². The SMILES string of the molecule is CCn1c(=O)c2[nH]c(-c3ccc(NC)nc3)nc2n(C2CC2)c1=O. The number of rotatable bonds is 4. The third-order valence-corrected chi connectivity index (χ3v) is 4.33. The summed E-state index contributed by atoms with van der Waals surface area (Å²) >= 11 is 0. The third kappa shape index (κ3) is 2.14. The van der Waals surface area contributed by atoms with Crippen LogP contribution in [0.4, 0.5) is 5.82 Å². The van der Waals surface area contributed by atoms with Crippen molar-refractivity contribution in [3.63, 3.8) is 0 Å². The lowest BCUT2D eigenvalue weighted by Gasteiger charge is -2.08. The van der Waals surface area contributed by atoms with Gasteiger partial charge in [0.05, 0.1) is 0 Å². The van der Waals surface area contributed by atoms with Crippen molar-refractivity contribution < 1.29 is 0 Å². The number of anilines is 1. The molecule has 8 heteroatoms. The minimum Gasteiger partial charge on any atom is -0.373 e. The first-order chi connectivity index (χ1) is 11.6. The topological polar surface area (TPSA) is 97.6 Å². The van der Waals surface area contributed by atoms with E-state index in [1.165, 1.54) is 4.57 Å². The van der Waals surface area contributed by atoms with Gasteiger partial charge in [0.2, 0.25) is 0 Å². The van der Waals surface area contributed by atoms with E-state index in [9.17, 15) is 9.59 Å². The number of hydrogen-bond acceptors (Lipinski definition) is 5. The van der Waals surface area contributed by atoms with Crippen LogP contribution in [0.1, 0.15) is 25.8 Å². The molecule has 0 spiro atoms. The lowest BCUT2D eigenvalue weighted by atomic mass is 10.3. The maximum absolute atomic E-state index is 12.6. The van der Waals surface area contributed by atoms with Gasteiger partial charge in [-0.1, -0.05) is 0 Å². The van der Waals surface area contributed by atoms with E-state index in [2.05, 4.69) is 20.3 Å². The second kappa shape index (κ2) is 5.33. The number of pyridine rings is 1. The number of imidazole rings is 1. The van der Waals surface area contributed by atoms with Gasteiger partial charge in [0, 0.05) is 31.4 Å². The van der Waals surface area contributed by atoms with E-state index in [0.717, 1.165) is 24.2 Å². The Morgan fingerprint density at radius 3 is 2.71 bits per heavy atom. The molecule has 1 fully saturated rings. The Hall–Kier alpha value is -2.90. The second-order valence-electron chi connectivity index (χ2n) is 5.90. The first-order valence-corrected chi connectivity index (χ1v) is 8.03. The summed E-state index contributed by atoms with van der Waals surface area (Å²) in [5.74, 6) is 1.29. The second-order valence-corrected chi connectivity index (χ2v) is 5.90. The Morgan fingerprint density at radius 1 is 1.33 bits per heavy atom. The fourth-order valence-electron chi connectivity index (χ4n) is 2.89. The first-order valence-electron chi connectivity index (χ1n) is 8.03. The molecule has 0 aliphatic heterocycles. The van der Waals surface area contributed by atoms with E-state index in [1.807, 2.05) is 12.1 Å². The van der Waals surface area contributed by atoms with Gasteiger partial charge < -0.3 is 10.3 Å². The summed E-state index contributed by atoms with van der Waals surface area (Å²) in [5.41, 5.74) is 0.968. The average molecular weight is 326 g/mol. The highest BCUT2D eigenvalue weighted by molar-refractivity contribution is 5.75. The van der Waals surface area contributed by atoms with Crippen LogP contribution in [0.5, 0.6) is 0 Å². The van der Waals surface area contributed by atoms with Crippen LogP contribution in [-0.4, -0.2) is 31.1 Å². The van der Waals surface area contributed by atoms with Gasteiger partial charge in [0.25, 0.3) is 5.56 Å². The number of aromatic nitrogens is 5. The Balaban J connectivity index is 1.97. The van der Waals surface area contributed by atoms with Crippen molar-refractivity contribution in [2.45, 2.75) is 32.4 Å².